The molecule has 0 aliphatic carbocycles. The van der Waals surface area contributed by atoms with Crippen molar-refractivity contribution < 1.29 is 9.47 Å². The summed E-state index contributed by atoms with van der Waals surface area (Å²) in [6.45, 7) is 1.55. The van der Waals surface area contributed by atoms with Crippen molar-refractivity contribution in [3.8, 4) is 11.5 Å². The van der Waals surface area contributed by atoms with E-state index in [1.807, 2.05) is 26.2 Å². The lowest BCUT2D eigenvalue weighted by Gasteiger charge is -2.16. The minimum absolute atomic E-state index is 0.294. The summed E-state index contributed by atoms with van der Waals surface area (Å²) in [7, 11) is 5.65. The van der Waals surface area contributed by atoms with Gasteiger partial charge >= 0.3 is 0 Å². The summed E-state index contributed by atoms with van der Waals surface area (Å²) < 4.78 is 12.0. The second-order valence-electron chi connectivity index (χ2n) is 4.35. The van der Waals surface area contributed by atoms with Crippen LogP contribution >= 0.6 is 28.1 Å². The summed E-state index contributed by atoms with van der Waals surface area (Å²) in [6, 6.07) is 3.68. The van der Waals surface area contributed by atoms with Crippen molar-refractivity contribution in [3.05, 3.63) is 22.2 Å². The number of methoxy groups -OCH3 is 1. The summed E-state index contributed by atoms with van der Waals surface area (Å²) in [4.78, 5) is 2.40. The second kappa shape index (κ2) is 7.67. The zero-order valence-corrected chi connectivity index (χ0v) is 13.8. The van der Waals surface area contributed by atoms with Gasteiger partial charge in [-0.25, -0.2) is 0 Å². The van der Waals surface area contributed by atoms with Gasteiger partial charge in [0.15, 0.2) is 11.5 Å². The number of hydrogen-bond acceptors (Lipinski definition) is 4. The highest BCUT2D eigenvalue weighted by Gasteiger charge is 2.14. The van der Waals surface area contributed by atoms with Crippen LogP contribution in [0, 0.1) is 0 Å². The smallest absolute Gasteiger partial charge is 0.171 e. The number of nitrogens with zero attached hydrogens (tertiary/aromatic N) is 1. The van der Waals surface area contributed by atoms with Gasteiger partial charge in [0, 0.05) is 11.0 Å². The Labute approximate surface area is 128 Å². The molecule has 19 heavy (non-hydrogen) atoms. The molecule has 0 heterocycles. The Morgan fingerprint density at radius 2 is 2.11 bits per heavy atom. The molecular weight excluding hydrogens is 328 g/mol. The lowest BCUT2D eigenvalue weighted by Crippen LogP contribution is -2.17. The molecule has 1 aromatic carbocycles. The Bertz CT molecular complexity index is 453. The predicted molar refractivity (Wildman–Crippen MR) is 85.2 cm³/mol. The highest BCUT2D eigenvalue weighted by atomic mass is 79.9. The molecule has 0 atom stereocenters. The van der Waals surface area contributed by atoms with E-state index in [1.54, 1.807) is 7.11 Å². The Kier molecular flexibility index (Phi) is 6.54. The summed E-state index contributed by atoms with van der Waals surface area (Å²) >= 11 is 8.45. The molecular formula is C13H19BrN2O2S. The van der Waals surface area contributed by atoms with E-state index < -0.39 is 0 Å². The van der Waals surface area contributed by atoms with Crippen LogP contribution in [0.25, 0.3) is 0 Å². The van der Waals surface area contributed by atoms with Crippen molar-refractivity contribution in [2.75, 3.05) is 34.4 Å². The van der Waals surface area contributed by atoms with Gasteiger partial charge in [-0.05, 0) is 32.6 Å². The SMILES string of the molecule is COc1cc(Br)cc(C(N)=S)c1OCCCN(C)C. The van der Waals surface area contributed by atoms with Crippen LogP contribution in [0.5, 0.6) is 11.5 Å². The van der Waals surface area contributed by atoms with Crippen molar-refractivity contribution in [2.24, 2.45) is 5.73 Å². The van der Waals surface area contributed by atoms with Gasteiger partial charge in [0.05, 0.1) is 19.3 Å². The first-order chi connectivity index (χ1) is 8.95. The minimum Gasteiger partial charge on any atom is -0.493 e. The van der Waals surface area contributed by atoms with Crippen LogP contribution in [-0.4, -0.2) is 44.2 Å². The van der Waals surface area contributed by atoms with E-state index in [9.17, 15) is 0 Å². The number of hydrogen-bond donors (Lipinski definition) is 1. The quantitative estimate of drug-likeness (QED) is 0.606. The molecule has 0 saturated carbocycles. The zero-order chi connectivity index (χ0) is 14.4. The van der Waals surface area contributed by atoms with Gasteiger partial charge in [0.25, 0.3) is 0 Å². The molecule has 6 heteroatoms. The molecule has 4 nitrogen and oxygen atoms in total. The number of rotatable bonds is 7. The fourth-order valence-corrected chi connectivity index (χ4v) is 2.20. The molecule has 0 amide bonds. The van der Waals surface area contributed by atoms with Crippen LogP contribution in [0.1, 0.15) is 12.0 Å². The van der Waals surface area contributed by atoms with E-state index in [0.29, 0.717) is 28.7 Å². The molecule has 0 radical (unpaired) electrons. The first-order valence-corrected chi connectivity index (χ1v) is 7.10. The van der Waals surface area contributed by atoms with Gasteiger partial charge in [0.2, 0.25) is 0 Å². The Balaban J connectivity index is 2.87. The zero-order valence-electron chi connectivity index (χ0n) is 11.4. The van der Waals surface area contributed by atoms with E-state index >= 15 is 0 Å². The van der Waals surface area contributed by atoms with E-state index in [4.69, 9.17) is 27.4 Å². The normalized spacial score (nSPS) is 10.6. The molecule has 0 saturated heterocycles. The van der Waals surface area contributed by atoms with Crippen LogP contribution in [0.15, 0.2) is 16.6 Å². The monoisotopic (exact) mass is 346 g/mol. The molecule has 0 aliphatic heterocycles. The number of benzene rings is 1. The molecule has 0 fully saturated rings. The third-order valence-electron chi connectivity index (χ3n) is 2.50. The van der Waals surface area contributed by atoms with E-state index in [0.717, 1.165) is 17.4 Å². The van der Waals surface area contributed by atoms with Gasteiger partial charge in [-0.1, -0.05) is 28.1 Å². The maximum atomic E-state index is 5.79. The van der Waals surface area contributed by atoms with E-state index in [1.165, 1.54) is 0 Å². The summed E-state index contributed by atoms with van der Waals surface area (Å²) in [6.07, 6.45) is 0.920. The first-order valence-electron chi connectivity index (χ1n) is 5.90. The maximum Gasteiger partial charge on any atom is 0.171 e. The average Bonchev–Trinajstić information content (AvgIpc) is 2.34. The largest absolute Gasteiger partial charge is 0.493 e. The van der Waals surface area contributed by atoms with Crippen LogP contribution in [0.4, 0.5) is 0 Å². The van der Waals surface area contributed by atoms with Gasteiger partial charge in [-0.15, -0.1) is 0 Å². The van der Waals surface area contributed by atoms with Gasteiger partial charge in [-0.2, -0.15) is 0 Å². The maximum absolute atomic E-state index is 5.79. The number of thiocarbonyl (C=S) groups is 1. The number of ether oxygens (including phenoxy) is 2. The molecule has 2 N–H and O–H groups in total. The standard InChI is InChI=1S/C13H19BrN2O2S/c1-16(2)5-4-6-18-12-10(13(15)19)7-9(14)8-11(12)17-3/h7-8H,4-6H2,1-3H3,(H2,15,19). The molecule has 0 aromatic heterocycles. The fraction of sp³-hybridized carbons (Fsp3) is 0.462. The summed E-state index contributed by atoms with van der Waals surface area (Å²) in [5.74, 6) is 1.24. The highest BCUT2D eigenvalue weighted by molar-refractivity contribution is 9.10. The Morgan fingerprint density at radius 3 is 2.63 bits per heavy atom. The predicted octanol–water partition coefficient (Wildman–Crippen LogP) is 2.42. The highest BCUT2D eigenvalue weighted by Crippen LogP contribution is 2.34. The number of nitrogens with two attached hydrogens (primary N) is 1. The van der Waals surface area contributed by atoms with Crippen LogP contribution in [0.2, 0.25) is 0 Å². The molecule has 1 aromatic rings. The second-order valence-corrected chi connectivity index (χ2v) is 5.71. The molecule has 106 valence electrons. The van der Waals surface area contributed by atoms with E-state index in [2.05, 4.69) is 20.8 Å². The minimum atomic E-state index is 0.294. The van der Waals surface area contributed by atoms with Crippen LogP contribution in [-0.2, 0) is 0 Å². The molecule has 1 rings (SSSR count). The molecule has 0 unspecified atom stereocenters. The van der Waals surface area contributed by atoms with E-state index in [-0.39, 0.29) is 0 Å². The Hall–Kier alpha value is -0.850. The molecule has 0 aliphatic rings. The Morgan fingerprint density at radius 1 is 1.42 bits per heavy atom. The molecule has 0 spiro atoms. The lowest BCUT2D eigenvalue weighted by molar-refractivity contribution is 0.268. The van der Waals surface area contributed by atoms with Gasteiger partial charge in [-0.3, -0.25) is 0 Å². The van der Waals surface area contributed by atoms with Crippen molar-refractivity contribution in [1.82, 2.24) is 4.90 Å². The number of halogens is 1. The van der Waals surface area contributed by atoms with Crippen LogP contribution in [0.3, 0.4) is 0 Å². The molecule has 0 bridgehead atoms. The third-order valence-corrected chi connectivity index (χ3v) is 3.18. The summed E-state index contributed by atoms with van der Waals surface area (Å²) in [5, 5.41) is 0. The van der Waals surface area contributed by atoms with Crippen molar-refractivity contribution >= 4 is 33.1 Å². The van der Waals surface area contributed by atoms with Crippen molar-refractivity contribution in [2.45, 2.75) is 6.42 Å². The van der Waals surface area contributed by atoms with Gasteiger partial charge < -0.3 is 20.1 Å². The topological polar surface area (TPSA) is 47.7 Å². The third kappa shape index (κ3) is 4.97. The van der Waals surface area contributed by atoms with Crippen molar-refractivity contribution in [1.29, 1.82) is 0 Å². The van der Waals surface area contributed by atoms with Crippen molar-refractivity contribution in [3.63, 3.8) is 0 Å². The first kappa shape index (κ1) is 16.2. The average molecular weight is 347 g/mol. The fourth-order valence-electron chi connectivity index (χ4n) is 1.61. The summed E-state index contributed by atoms with van der Waals surface area (Å²) in [5.41, 5.74) is 6.41. The lowest BCUT2D eigenvalue weighted by atomic mass is 10.2. The van der Waals surface area contributed by atoms with Crippen LogP contribution < -0.4 is 15.2 Å². The van der Waals surface area contributed by atoms with Gasteiger partial charge in [0.1, 0.15) is 4.99 Å².